The van der Waals surface area contributed by atoms with Gasteiger partial charge in [-0.15, -0.1) is 0 Å². The molecule has 0 saturated heterocycles. The molecule has 1 aliphatic carbocycles. The quantitative estimate of drug-likeness (QED) is 0.580. The third-order valence-electron chi connectivity index (χ3n) is 3.98. The van der Waals surface area contributed by atoms with Crippen LogP contribution in [-0.2, 0) is 19.6 Å². The highest BCUT2D eigenvalue weighted by atomic mass is 32.2. The van der Waals surface area contributed by atoms with E-state index >= 15 is 0 Å². The number of amides is 1. The Morgan fingerprint density at radius 3 is 2.43 bits per heavy atom. The number of carbonyl (C=O) groups is 2. The first-order valence-electron chi connectivity index (χ1n) is 8.87. The fourth-order valence-electron chi connectivity index (χ4n) is 2.41. The number of benzene rings is 2. The van der Waals surface area contributed by atoms with E-state index < -0.39 is 35.1 Å². The van der Waals surface area contributed by atoms with Gasteiger partial charge in [-0.3, -0.25) is 4.79 Å². The Morgan fingerprint density at radius 2 is 1.80 bits per heavy atom. The van der Waals surface area contributed by atoms with E-state index in [1.54, 1.807) is 0 Å². The number of esters is 1. The van der Waals surface area contributed by atoms with Crippen molar-refractivity contribution in [1.82, 2.24) is 4.72 Å². The second kappa shape index (κ2) is 9.18. The third-order valence-corrected chi connectivity index (χ3v) is 5.49. The first-order chi connectivity index (χ1) is 14.2. The van der Waals surface area contributed by atoms with Crippen molar-refractivity contribution in [3.63, 3.8) is 0 Å². The maximum Gasteiger partial charge on any atom is 0.387 e. The number of hydrogen-bond donors (Lipinski definition) is 2. The fourth-order valence-corrected chi connectivity index (χ4v) is 3.76. The molecule has 0 spiro atoms. The summed E-state index contributed by atoms with van der Waals surface area (Å²) in [6, 6.07) is 10.4. The molecule has 0 aliphatic heterocycles. The fraction of sp³-hybridized carbons (Fsp3) is 0.263. The van der Waals surface area contributed by atoms with Gasteiger partial charge in [0.15, 0.2) is 6.61 Å². The molecule has 2 aromatic carbocycles. The smallest absolute Gasteiger partial charge is 0.387 e. The van der Waals surface area contributed by atoms with E-state index in [1.807, 2.05) is 0 Å². The molecule has 2 N–H and O–H groups in total. The molecule has 1 amide bonds. The Hall–Kier alpha value is -3.05. The number of nitrogens with one attached hydrogen (secondary N) is 2. The lowest BCUT2D eigenvalue weighted by molar-refractivity contribution is -0.119. The summed E-state index contributed by atoms with van der Waals surface area (Å²) in [4.78, 5) is 24.0. The van der Waals surface area contributed by atoms with E-state index in [1.165, 1.54) is 48.5 Å². The van der Waals surface area contributed by atoms with E-state index in [-0.39, 0.29) is 27.9 Å². The summed E-state index contributed by atoms with van der Waals surface area (Å²) >= 11 is 0. The molecule has 30 heavy (non-hydrogen) atoms. The monoisotopic (exact) mass is 440 g/mol. The third kappa shape index (κ3) is 6.22. The molecule has 11 heteroatoms. The lowest BCUT2D eigenvalue weighted by atomic mass is 10.2. The Kier molecular flexibility index (Phi) is 6.63. The number of halogens is 2. The van der Waals surface area contributed by atoms with Crippen molar-refractivity contribution in [2.45, 2.75) is 30.4 Å². The molecule has 1 fully saturated rings. The average molecular weight is 440 g/mol. The van der Waals surface area contributed by atoms with Gasteiger partial charge >= 0.3 is 12.6 Å². The second-order valence-electron chi connectivity index (χ2n) is 6.45. The maximum atomic E-state index is 12.2. The summed E-state index contributed by atoms with van der Waals surface area (Å²) in [7, 11) is -3.73. The highest BCUT2D eigenvalue weighted by Crippen LogP contribution is 2.22. The van der Waals surface area contributed by atoms with Crippen LogP contribution in [0.15, 0.2) is 53.4 Å². The zero-order valence-corrected chi connectivity index (χ0v) is 16.3. The molecular weight excluding hydrogens is 422 g/mol. The molecule has 0 radical (unpaired) electrons. The van der Waals surface area contributed by atoms with Gasteiger partial charge in [0.05, 0.1) is 10.5 Å². The lowest BCUT2D eigenvalue weighted by Gasteiger charge is -2.09. The SMILES string of the molecule is O=C(COC(=O)c1cccc(S(=O)(=O)NC2CC2)c1)Nc1ccc(OC(F)F)cc1. The van der Waals surface area contributed by atoms with Crippen LogP contribution in [0.4, 0.5) is 14.5 Å². The number of ether oxygens (including phenoxy) is 2. The highest BCUT2D eigenvalue weighted by molar-refractivity contribution is 7.89. The van der Waals surface area contributed by atoms with Crippen molar-refractivity contribution in [1.29, 1.82) is 0 Å². The van der Waals surface area contributed by atoms with Gasteiger partial charge in [0.1, 0.15) is 5.75 Å². The van der Waals surface area contributed by atoms with E-state index in [9.17, 15) is 26.8 Å². The van der Waals surface area contributed by atoms with E-state index in [0.717, 1.165) is 12.8 Å². The molecule has 3 rings (SSSR count). The van der Waals surface area contributed by atoms with Crippen molar-refractivity contribution >= 4 is 27.6 Å². The topological polar surface area (TPSA) is 111 Å². The molecule has 0 unspecified atom stereocenters. The minimum atomic E-state index is -3.73. The second-order valence-corrected chi connectivity index (χ2v) is 8.16. The molecule has 0 heterocycles. The molecule has 160 valence electrons. The zero-order valence-electron chi connectivity index (χ0n) is 15.5. The minimum Gasteiger partial charge on any atom is -0.452 e. The van der Waals surface area contributed by atoms with Crippen molar-refractivity contribution < 1.29 is 36.3 Å². The average Bonchev–Trinajstić information content (AvgIpc) is 3.50. The van der Waals surface area contributed by atoms with Gasteiger partial charge in [-0.2, -0.15) is 8.78 Å². The molecule has 1 saturated carbocycles. The number of anilines is 1. The first kappa shape index (κ1) is 21.7. The molecule has 0 atom stereocenters. The van der Waals surface area contributed by atoms with Crippen molar-refractivity contribution in [3.8, 4) is 5.75 Å². The van der Waals surface area contributed by atoms with Gasteiger partial charge in [0.2, 0.25) is 10.0 Å². The predicted molar refractivity (Wildman–Crippen MR) is 102 cm³/mol. The van der Waals surface area contributed by atoms with Gasteiger partial charge in [-0.1, -0.05) is 6.07 Å². The van der Waals surface area contributed by atoms with Crippen LogP contribution in [0.3, 0.4) is 0 Å². The Morgan fingerprint density at radius 1 is 1.10 bits per heavy atom. The van der Waals surface area contributed by atoms with Crippen molar-refractivity contribution in [3.05, 3.63) is 54.1 Å². The standard InChI is InChI=1S/C19H18F2N2O6S/c20-19(21)29-15-8-6-13(7-9-15)22-17(24)11-28-18(25)12-2-1-3-16(10-12)30(26,27)23-14-4-5-14/h1-3,6-10,14,19,23H,4-5,11H2,(H,22,24). The summed E-state index contributed by atoms with van der Waals surface area (Å²) in [5.41, 5.74) is 0.270. The van der Waals surface area contributed by atoms with Crippen LogP contribution < -0.4 is 14.8 Å². The highest BCUT2D eigenvalue weighted by Gasteiger charge is 2.28. The predicted octanol–water partition coefficient (Wildman–Crippen LogP) is 2.52. The van der Waals surface area contributed by atoms with E-state index in [2.05, 4.69) is 14.8 Å². The van der Waals surface area contributed by atoms with Gasteiger partial charge in [-0.25, -0.2) is 17.9 Å². The van der Waals surface area contributed by atoms with Crippen LogP contribution in [0.2, 0.25) is 0 Å². The summed E-state index contributed by atoms with van der Waals surface area (Å²) in [6.07, 6.45) is 1.55. The van der Waals surface area contributed by atoms with Gasteiger partial charge in [0, 0.05) is 11.7 Å². The van der Waals surface area contributed by atoms with Crippen LogP contribution >= 0.6 is 0 Å². The molecular formula is C19H18F2N2O6S. The summed E-state index contributed by atoms with van der Waals surface area (Å²) in [6.45, 7) is -3.58. The first-order valence-corrected chi connectivity index (χ1v) is 10.4. The van der Waals surface area contributed by atoms with Crippen LogP contribution in [0.5, 0.6) is 5.75 Å². The molecule has 0 aromatic heterocycles. The van der Waals surface area contributed by atoms with Gasteiger partial charge in [-0.05, 0) is 55.3 Å². The summed E-state index contributed by atoms with van der Waals surface area (Å²) in [5, 5.41) is 2.43. The van der Waals surface area contributed by atoms with Gasteiger partial charge < -0.3 is 14.8 Å². The normalized spacial score (nSPS) is 13.7. The molecule has 2 aromatic rings. The number of alkyl halides is 2. The largest absolute Gasteiger partial charge is 0.452 e. The van der Waals surface area contributed by atoms with E-state index in [4.69, 9.17) is 4.74 Å². The van der Waals surface area contributed by atoms with E-state index in [0.29, 0.717) is 0 Å². The van der Waals surface area contributed by atoms with Crippen LogP contribution in [0, 0.1) is 0 Å². The molecule has 8 nitrogen and oxygen atoms in total. The van der Waals surface area contributed by atoms with Crippen molar-refractivity contribution in [2.75, 3.05) is 11.9 Å². The van der Waals surface area contributed by atoms with Crippen LogP contribution in [0.25, 0.3) is 0 Å². The summed E-state index contributed by atoms with van der Waals surface area (Å²) < 4.78 is 60.3. The Balaban J connectivity index is 1.53. The molecule has 0 bridgehead atoms. The maximum absolute atomic E-state index is 12.2. The van der Waals surface area contributed by atoms with Crippen molar-refractivity contribution in [2.24, 2.45) is 0 Å². The summed E-state index contributed by atoms with van der Waals surface area (Å²) in [5.74, 6) is -1.60. The number of sulfonamides is 1. The Bertz CT molecular complexity index is 1020. The number of hydrogen-bond acceptors (Lipinski definition) is 6. The van der Waals surface area contributed by atoms with Crippen LogP contribution in [0.1, 0.15) is 23.2 Å². The number of carbonyl (C=O) groups excluding carboxylic acids is 2. The lowest BCUT2D eigenvalue weighted by Crippen LogP contribution is -2.26. The van der Waals surface area contributed by atoms with Gasteiger partial charge in [0.25, 0.3) is 5.91 Å². The van der Waals surface area contributed by atoms with Crippen LogP contribution in [-0.4, -0.2) is 39.6 Å². The Labute approximate surface area is 171 Å². The zero-order chi connectivity index (χ0) is 21.7. The number of rotatable bonds is 9. The minimum absolute atomic E-state index is 0.0185. The molecule has 1 aliphatic rings.